The molecule has 0 heterocycles. The van der Waals surface area contributed by atoms with E-state index < -0.39 is 10.0 Å². The summed E-state index contributed by atoms with van der Waals surface area (Å²) < 4.78 is 25.3. The van der Waals surface area contributed by atoms with Gasteiger partial charge in [-0.15, -0.1) is 24.0 Å². The van der Waals surface area contributed by atoms with Gasteiger partial charge in [0, 0.05) is 37.1 Å². The molecule has 0 spiro atoms. The van der Waals surface area contributed by atoms with E-state index in [1.807, 2.05) is 18.2 Å². The summed E-state index contributed by atoms with van der Waals surface area (Å²) in [5.41, 5.74) is 1.40. The standard InChI is InChI=1S/C17H27ClN4O2S.HI/c1-3-25(23,24)22-11-5-10-20-16(19-2)21-13-17(8-9-17)14-6-4-7-15(18)12-14;/h4,6-7,12,22H,3,5,8-11,13H2,1-2H3,(H2,19,20,21);1H. The van der Waals surface area contributed by atoms with Crippen LogP contribution in [0, 0.1) is 0 Å². The number of nitrogens with zero attached hydrogens (tertiary/aromatic N) is 1. The fourth-order valence-corrected chi connectivity index (χ4v) is 3.48. The lowest BCUT2D eigenvalue weighted by Crippen LogP contribution is -2.42. The van der Waals surface area contributed by atoms with Gasteiger partial charge in [-0.25, -0.2) is 13.1 Å². The molecule has 0 saturated heterocycles. The van der Waals surface area contributed by atoms with Gasteiger partial charge in [0.2, 0.25) is 10.0 Å². The van der Waals surface area contributed by atoms with E-state index in [0.29, 0.717) is 19.5 Å². The minimum absolute atomic E-state index is 0. The van der Waals surface area contributed by atoms with Crippen molar-refractivity contribution in [3.63, 3.8) is 0 Å². The van der Waals surface area contributed by atoms with Gasteiger partial charge in [0.25, 0.3) is 0 Å². The Morgan fingerprint density at radius 1 is 1.27 bits per heavy atom. The zero-order valence-electron chi connectivity index (χ0n) is 15.2. The monoisotopic (exact) mass is 514 g/mol. The van der Waals surface area contributed by atoms with E-state index in [1.54, 1.807) is 14.0 Å². The van der Waals surface area contributed by atoms with Crippen LogP contribution in [0.3, 0.4) is 0 Å². The van der Waals surface area contributed by atoms with Crippen LogP contribution in [0.5, 0.6) is 0 Å². The van der Waals surface area contributed by atoms with E-state index in [9.17, 15) is 8.42 Å². The number of rotatable bonds is 9. The highest BCUT2D eigenvalue weighted by molar-refractivity contribution is 14.0. The van der Waals surface area contributed by atoms with Gasteiger partial charge in [0.1, 0.15) is 0 Å². The molecule has 26 heavy (non-hydrogen) atoms. The van der Waals surface area contributed by atoms with Gasteiger partial charge in [-0.1, -0.05) is 23.7 Å². The number of hydrogen-bond acceptors (Lipinski definition) is 3. The molecule has 0 aromatic heterocycles. The van der Waals surface area contributed by atoms with E-state index in [0.717, 1.165) is 30.4 Å². The molecule has 0 bridgehead atoms. The molecule has 9 heteroatoms. The van der Waals surface area contributed by atoms with Crippen LogP contribution in [0.1, 0.15) is 31.7 Å². The van der Waals surface area contributed by atoms with Crippen molar-refractivity contribution in [1.29, 1.82) is 0 Å². The Hall–Kier alpha value is -0.580. The molecule has 1 aromatic carbocycles. The third-order valence-corrected chi connectivity index (χ3v) is 6.10. The smallest absolute Gasteiger partial charge is 0.211 e. The van der Waals surface area contributed by atoms with Gasteiger partial charge in [-0.3, -0.25) is 4.99 Å². The second kappa shape index (κ2) is 10.7. The van der Waals surface area contributed by atoms with Gasteiger partial charge in [0.15, 0.2) is 5.96 Å². The molecular formula is C17H28ClIN4O2S. The zero-order valence-corrected chi connectivity index (χ0v) is 19.1. The fraction of sp³-hybridized carbons (Fsp3) is 0.588. The van der Waals surface area contributed by atoms with Gasteiger partial charge < -0.3 is 10.6 Å². The molecule has 1 aromatic rings. The van der Waals surface area contributed by atoms with Crippen LogP contribution in [0.2, 0.25) is 5.02 Å². The average molecular weight is 515 g/mol. The second-order valence-corrected chi connectivity index (χ2v) is 8.83. The van der Waals surface area contributed by atoms with Crippen LogP contribution in [-0.2, 0) is 15.4 Å². The molecule has 1 saturated carbocycles. The molecule has 1 aliphatic rings. The van der Waals surface area contributed by atoms with Gasteiger partial charge in [-0.2, -0.15) is 0 Å². The van der Waals surface area contributed by atoms with Gasteiger partial charge in [0.05, 0.1) is 5.75 Å². The molecular weight excluding hydrogens is 487 g/mol. The quantitative estimate of drug-likeness (QED) is 0.205. The molecule has 1 fully saturated rings. The summed E-state index contributed by atoms with van der Waals surface area (Å²) in [4.78, 5) is 4.22. The summed E-state index contributed by atoms with van der Waals surface area (Å²) in [6, 6.07) is 8.03. The lowest BCUT2D eigenvalue weighted by molar-refractivity contribution is 0.579. The van der Waals surface area contributed by atoms with Crippen LogP contribution in [0.15, 0.2) is 29.3 Å². The van der Waals surface area contributed by atoms with Gasteiger partial charge >= 0.3 is 0 Å². The number of sulfonamides is 1. The molecule has 0 aliphatic heterocycles. The van der Waals surface area contributed by atoms with Crippen LogP contribution >= 0.6 is 35.6 Å². The van der Waals surface area contributed by atoms with Crippen molar-refractivity contribution in [3.05, 3.63) is 34.9 Å². The Morgan fingerprint density at radius 3 is 2.58 bits per heavy atom. The van der Waals surface area contributed by atoms with Crippen LogP contribution in [0.4, 0.5) is 0 Å². The molecule has 2 rings (SSSR count). The van der Waals surface area contributed by atoms with Crippen molar-refractivity contribution < 1.29 is 8.42 Å². The van der Waals surface area contributed by atoms with E-state index in [4.69, 9.17) is 11.6 Å². The number of hydrogen-bond donors (Lipinski definition) is 3. The Labute approximate surface area is 178 Å². The first-order chi connectivity index (χ1) is 11.9. The number of nitrogens with one attached hydrogen (secondary N) is 3. The lowest BCUT2D eigenvalue weighted by atomic mass is 9.96. The summed E-state index contributed by atoms with van der Waals surface area (Å²) in [6.07, 6.45) is 2.96. The van der Waals surface area contributed by atoms with Crippen LogP contribution < -0.4 is 15.4 Å². The highest BCUT2D eigenvalue weighted by Crippen LogP contribution is 2.48. The Bertz CT molecular complexity index is 708. The Balaban J connectivity index is 0.00000338. The van der Waals surface area contributed by atoms with E-state index in [2.05, 4.69) is 26.4 Å². The maximum Gasteiger partial charge on any atom is 0.211 e. The maximum atomic E-state index is 11.4. The van der Waals surface area contributed by atoms with Crippen molar-refractivity contribution in [1.82, 2.24) is 15.4 Å². The van der Waals surface area contributed by atoms with E-state index >= 15 is 0 Å². The van der Waals surface area contributed by atoms with Gasteiger partial charge in [-0.05, 0) is 43.9 Å². The first-order valence-corrected chi connectivity index (χ1v) is 10.6. The van der Waals surface area contributed by atoms with Crippen molar-refractivity contribution in [2.75, 3.05) is 32.4 Å². The molecule has 6 nitrogen and oxygen atoms in total. The normalized spacial score (nSPS) is 15.9. The zero-order chi connectivity index (χ0) is 18.3. The molecule has 0 amide bonds. The number of aliphatic imine (C=N–C) groups is 1. The average Bonchev–Trinajstić information content (AvgIpc) is 3.38. The second-order valence-electron chi connectivity index (χ2n) is 6.29. The summed E-state index contributed by atoms with van der Waals surface area (Å²) in [5, 5.41) is 7.35. The SMILES string of the molecule is CCS(=O)(=O)NCCCNC(=NC)NCC1(c2cccc(Cl)c2)CC1.I. The maximum absolute atomic E-state index is 11.4. The summed E-state index contributed by atoms with van der Waals surface area (Å²) in [7, 11) is -1.39. The van der Waals surface area contributed by atoms with Crippen LogP contribution in [-0.4, -0.2) is 46.8 Å². The molecule has 148 valence electrons. The largest absolute Gasteiger partial charge is 0.356 e. The highest BCUT2D eigenvalue weighted by atomic mass is 127. The predicted molar refractivity (Wildman–Crippen MR) is 119 cm³/mol. The van der Waals surface area contributed by atoms with E-state index in [-0.39, 0.29) is 35.1 Å². The Morgan fingerprint density at radius 2 is 2.00 bits per heavy atom. The minimum Gasteiger partial charge on any atom is -0.356 e. The molecule has 0 atom stereocenters. The topological polar surface area (TPSA) is 82.6 Å². The Kier molecular flexibility index (Phi) is 9.63. The van der Waals surface area contributed by atoms with Crippen molar-refractivity contribution in [3.8, 4) is 0 Å². The number of halogens is 2. The van der Waals surface area contributed by atoms with E-state index in [1.165, 1.54) is 5.56 Å². The van der Waals surface area contributed by atoms with Crippen molar-refractivity contribution >= 4 is 51.6 Å². The third kappa shape index (κ3) is 7.21. The van der Waals surface area contributed by atoms with Crippen molar-refractivity contribution in [2.24, 2.45) is 4.99 Å². The van der Waals surface area contributed by atoms with Crippen LogP contribution in [0.25, 0.3) is 0 Å². The lowest BCUT2D eigenvalue weighted by Gasteiger charge is -2.19. The number of benzene rings is 1. The first-order valence-electron chi connectivity index (χ1n) is 8.59. The fourth-order valence-electron chi connectivity index (χ4n) is 2.64. The summed E-state index contributed by atoms with van der Waals surface area (Å²) >= 11 is 6.10. The highest BCUT2D eigenvalue weighted by Gasteiger charge is 2.44. The molecule has 3 N–H and O–H groups in total. The molecule has 0 radical (unpaired) electrons. The number of guanidine groups is 1. The predicted octanol–water partition coefficient (Wildman–Crippen LogP) is 2.48. The molecule has 1 aliphatic carbocycles. The first kappa shape index (κ1) is 23.5. The summed E-state index contributed by atoms with van der Waals surface area (Å²) in [6.45, 7) is 3.50. The minimum atomic E-state index is -3.12. The third-order valence-electron chi connectivity index (χ3n) is 4.46. The summed E-state index contributed by atoms with van der Waals surface area (Å²) in [5.74, 6) is 0.835. The van der Waals surface area contributed by atoms with Crippen molar-refractivity contribution in [2.45, 2.75) is 31.6 Å². The molecule has 0 unspecified atom stereocenters.